The van der Waals surface area contributed by atoms with Crippen molar-refractivity contribution in [2.75, 3.05) is 5.75 Å². The van der Waals surface area contributed by atoms with Gasteiger partial charge in [0.2, 0.25) is 5.91 Å². The molecule has 1 aliphatic rings. The first-order valence-electron chi connectivity index (χ1n) is 7.14. The molecule has 0 spiro atoms. The van der Waals surface area contributed by atoms with Gasteiger partial charge in [0.05, 0.1) is 12.3 Å². The van der Waals surface area contributed by atoms with Crippen LogP contribution in [0.25, 0.3) is 0 Å². The van der Waals surface area contributed by atoms with Gasteiger partial charge in [-0.3, -0.25) is 4.79 Å². The number of amides is 1. The second-order valence-electron chi connectivity index (χ2n) is 6.35. The number of halogens is 2. The van der Waals surface area contributed by atoms with Crippen LogP contribution >= 0.6 is 23.4 Å². The molecule has 1 aromatic carbocycles. The van der Waals surface area contributed by atoms with E-state index >= 15 is 0 Å². The van der Waals surface area contributed by atoms with Crippen LogP contribution in [0.5, 0.6) is 0 Å². The molecule has 0 unspecified atom stereocenters. The predicted octanol–water partition coefficient (Wildman–Crippen LogP) is 4.50. The van der Waals surface area contributed by atoms with E-state index in [-0.39, 0.29) is 29.1 Å². The summed E-state index contributed by atoms with van der Waals surface area (Å²) in [5.41, 5.74) is 0.417. The summed E-state index contributed by atoms with van der Waals surface area (Å²) in [7, 11) is 0. The number of carbonyl (C=O) groups is 1. The van der Waals surface area contributed by atoms with Crippen LogP contribution in [0.1, 0.15) is 39.2 Å². The maximum Gasteiger partial charge on any atom is 0.233 e. The van der Waals surface area contributed by atoms with Crippen molar-refractivity contribution >= 4 is 29.3 Å². The minimum atomic E-state index is -0.343. The average molecular weight is 330 g/mol. The molecule has 116 valence electrons. The number of benzene rings is 1. The van der Waals surface area contributed by atoms with Crippen LogP contribution in [0, 0.1) is 5.82 Å². The van der Waals surface area contributed by atoms with Gasteiger partial charge in [0.1, 0.15) is 5.82 Å². The number of thioether (sulfide) groups is 1. The fourth-order valence-electron chi connectivity index (χ4n) is 2.02. The molecule has 1 aliphatic carbocycles. The fourth-order valence-corrected chi connectivity index (χ4v) is 2.97. The molecule has 0 N–H and O–H groups in total. The summed E-state index contributed by atoms with van der Waals surface area (Å²) < 4.78 is 13.9. The lowest BCUT2D eigenvalue weighted by molar-refractivity contribution is -0.129. The van der Waals surface area contributed by atoms with Gasteiger partial charge in [0.25, 0.3) is 0 Å². The summed E-state index contributed by atoms with van der Waals surface area (Å²) in [6.45, 7) is 6.51. The van der Waals surface area contributed by atoms with Gasteiger partial charge in [-0.25, -0.2) is 4.39 Å². The number of hydrogen-bond acceptors (Lipinski definition) is 2. The molecule has 0 saturated heterocycles. The molecule has 21 heavy (non-hydrogen) atoms. The van der Waals surface area contributed by atoms with Gasteiger partial charge in [-0.15, -0.1) is 11.8 Å². The number of nitrogens with zero attached hydrogens (tertiary/aromatic N) is 1. The third kappa shape index (κ3) is 4.89. The molecular formula is C16H21ClFNOS. The maximum absolute atomic E-state index is 13.9. The maximum atomic E-state index is 13.9. The lowest BCUT2D eigenvalue weighted by atomic mass is 10.2. The fraction of sp³-hybridized carbons (Fsp3) is 0.562. The second kappa shape index (κ2) is 6.57. The van der Waals surface area contributed by atoms with Gasteiger partial charge in [-0.05, 0) is 25.0 Å². The monoisotopic (exact) mass is 329 g/mol. The SMILES string of the molecule is CC(C)(C)SCC(=O)N(Cc1c(F)cccc1Cl)C1CC1. The van der Waals surface area contributed by atoms with Crippen molar-refractivity contribution in [1.29, 1.82) is 0 Å². The molecular weight excluding hydrogens is 309 g/mol. The highest BCUT2D eigenvalue weighted by Crippen LogP contribution is 2.32. The first-order chi connectivity index (χ1) is 9.78. The second-order valence-corrected chi connectivity index (χ2v) is 8.56. The number of hydrogen-bond donors (Lipinski definition) is 0. The third-order valence-corrected chi connectivity index (χ3v) is 4.94. The van der Waals surface area contributed by atoms with Crippen molar-refractivity contribution in [1.82, 2.24) is 4.90 Å². The van der Waals surface area contributed by atoms with Gasteiger partial charge < -0.3 is 4.90 Å². The minimum absolute atomic E-state index is 0.0422. The number of rotatable bonds is 5. The summed E-state index contributed by atoms with van der Waals surface area (Å²) in [6, 6.07) is 4.88. The Morgan fingerprint density at radius 3 is 2.62 bits per heavy atom. The molecule has 1 fully saturated rings. The van der Waals surface area contributed by atoms with Crippen molar-refractivity contribution in [2.24, 2.45) is 0 Å². The molecule has 0 radical (unpaired) electrons. The standard InChI is InChI=1S/C16H21ClFNOS/c1-16(2,3)21-10-15(20)19(11-7-8-11)9-12-13(17)5-4-6-14(12)18/h4-6,11H,7-10H2,1-3H3. The average Bonchev–Trinajstić information content (AvgIpc) is 3.19. The Bertz CT molecular complexity index is 505. The van der Waals surface area contributed by atoms with E-state index < -0.39 is 0 Å². The van der Waals surface area contributed by atoms with Crippen LogP contribution in [0.15, 0.2) is 18.2 Å². The highest BCUT2D eigenvalue weighted by Gasteiger charge is 2.33. The van der Waals surface area contributed by atoms with Crippen LogP contribution in [0.3, 0.4) is 0 Å². The van der Waals surface area contributed by atoms with E-state index in [0.717, 1.165) is 12.8 Å². The van der Waals surface area contributed by atoms with E-state index in [1.54, 1.807) is 28.8 Å². The third-order valence-electron chi connectivity index (χ3n) is 3.33. The largest absolute Gasteiger partial charge is 0.335 e. The smallest absolute Gasteiger partial charge is 0.233 e. The normalized spacial score (nSPS) is 15.1. The quantitative estimate of drug-likeness (QED) is 0.792. The van der Waals surface area contributed by atoms with E-state index in [1.807, 2.05) is 0 Å². The Labute approximate surface area is 135 Å². The molecule has 2 nitrogen and oxygen atoms in total. The Balaban J connectivity index is 2.08. The highest BCUT2D eigenvalue weighted by atomic mass is 35.5. The molecule has 1 saturated carbocycles. The van der Waals surface area contributed by atoms with Crippen molar-refractivity contribution in [2.45, 2.75) is 50.9 Å². The molecule has 0 aromatic heterocycles. The summed E-state index contributed by atoms with van der Waals surface area (Å²) in [6.07, 6.45) is 2.00. The van der Waals surface area contributed by atoms with Gasteiger partial charge in [0, 0.05) is 21.4 Å². The van der Waals surface area contributed by atoms with E-state index in [9.17, 15) is 9.18 Å². The van der Waals surface area contributed by atoms with Crippen molar-refractivity contribution < 1.29 is 9.18 Å². The van der Waals surface area contributed by atoms with Crippen LogP contribution < -0.4 is 0 Å². The Morgan fingerprint density at radius 1 is 1.43 bits per heavy atom. The van der Waals surface area contributed by atoms with E-state index in [2.05, 4.69) is 20.8 Å². The van der Waals surface area contributed by atoms with E-state index in [1.165, 1.54) is 6.07 Å². The summed E-state index contributed by atoms with van der Waals surface area (Å²) in [5, 5.41) is 0.386. The van der Waals surface area contributed by atoms with Crippen molar-refractivity contribution in [3.8, 4) is 0 Å². The summed E-state index contributed by atoms with van der Waals surface area (Å²) in [4.78, 5) is 14.2. The lowest BCUT2D eigenvalue weighted by Gasteiger charge is -2.25. The molecule has 0 aliphatic heterocycles. The summed E-state index contributed by atoms with van der Waals surface area (Å²) in [5.74, 6) is 0.146. The molecule has 0 heterocycles. The molecule has 1 aromatic rings. The first-order valence-corrected chi connectivity index (χ1v) is 8.50. The zero-order chi connectivity index (χ0) is 15.6. The Kier molecular flexibility index (Phi) is 5.20. The molecule has 2 rings (SSSR count). The Hall–Kier alpha value is -0.740. The van der Waals surface area contributed by atoms with Crippen LogP contribution in [0.2, 0.25) is 5.02 Å². The first kappa shape index (κ1) is 16.6. The lowest BCUT2D eigenvalue weighted by Crippen LogP contribution is -2.35. The Morgan fingerprint density at radius 2 is 2.10 bits per heavy atom. The van der Waals surface area contributed by atoms with Crippen LogP contribution in [-0.4, -0.2) is 27.3 Å². The van der Waals surface area contributed by atoms with E-state index in [4.69, 9.17) is 11.6 Å². The number of carbonyl (C=O) groups excluding carboxylic acids is 1. The predicted molar refractivity (Wildman–Crippen MR) is 87.2 cm³/mol. The highest BCUT2D eigenvalue weighted by molar-refractivity contribution is 8.01. The van der Waals surface area contributed by atoms with Gasteiger partial charge in [0.15, 0.2) is 0 Å². The van der Waals surface area contributed by atoms with Crippen LogP contribution in [-0.2, 0) is 11.3 Å². The van der Waals surface area contributed by atoms with Crippen molar-refractivity contribution in [3.63, 3.8) is 0 Å². The molecule has 0 bridgehead atoms. The summed E-state index contributed by atoms with van der Waals surface area (Å²) >= 11 is 7.69. The minimum Gasteiger partial charge on any atom is -0.335 e. The zero-order valence-electron chi connectivity index (χ0n) is 12.7. The topological polar surface area (TPSA) is 20.3 Å². The van der Waals surface area contributed by atoms with Crippen LogP contribution in [0.4, 0.5) is 4.39 Å². The van der Waals surface area contributed by atoms with E-state index in [0.29, 0.717) is 16.3 Å². The molecule has 5 heteroatoms. The van der Waals surface area contributed by atoms with Crippen molar-refractivity contribution in [3.05, 3.63) is 34.6 Å². The van der Waals surface area contributed by atoms with Gasteiger partial charge in [-0.2, -0.15) is 0 Å². The molecule has 0 atom stereocenters. The zero-order valence-corrected chi connectivity index (χ0v) is 14.2. The molecule has 1 amide bonds. The van der Waals surface area contributed by atoms with Gasteiger partial charge >= 0.3 is 0 Å². The van der Waals surface area contributed by atoms with Gasteiger partial charge in [-0.1, -0.05) is 38.4 Å².